The van der Waals surface area contributed by atoms with E-state index >= 15 is 0 Å². The van der Waals surface area contributed by atoms with E-state index < -0.39 is 0 Å². The van der Waals surface area contributed by atoms with Crippen LogP contribution in [-0.4, -0.2) is 15.5 Å². The fraction of sp³-hybridized carbons (Fsp3) is 0.368. The van der Waals surface area contributed by atoms with Gasteiger partial charge in [-0.25, -0.2) is 0 Å². The summed E-state index contributed by atoms with van der Waals surface area (Å²) in [5.41, 5.74) is 4.78. The molecular formula is C19H18N2O. The first-order valence-corrected chi connectivity index (χ1v) is 8.20. The molecule has 0 radical (unpaired) electrons. The zero-order valence-corrected chi connectivity index (χ0v) is 12.7. The number of para-hydroxylation sites is 1. The van der Waals surface area contributed by atoms with E-state index in [9.17, 15) is 4.79 Å². The number of aryl methyl sites for hydroxylation is 1. The molecule has 3 aromatic rings. The number of carbonyl (C=O) groups is 1. The van der Waals surface area contributed by atoms with Gasteiger partial charge in [0.05, 0.1) is 11.0 Å². The van der Waals surface area contributed by atoms with E-state index in [1.54, 1.807) is 0 Å². The molecule has 0 spiro atoms. The molecule has 22 heavy (non-hydrogen) atoms. The Morgan fingerprint density at radius 2 is 2.14 bits per heavy atom. The van der Waals surface area contributed by atoms with Crippen LogP contribution in [0.15, 0.2) is 30.5 Å². The minimum Gasteiger partial charge on any atom is -0.279 e. The molecule has 0 saturated heterocycles. The Morgan fingerprint density at radius 1 is 1.27 bits per heavy atom. The molecule has 0 saturated carbocycles. The lowest BCUT2D eigenvalue weighted by atomic mass is 9.66. The maximum Gasteiger partial charge on any atom is 0.232 e. The molecule has 3 nitrogen and oxygen atoms in total. The number of pyridine rings is 1. The van der Waals surface area contributed by atoms with E-state index in [2.05, 4.69) is 19.1 Å². The van der Waals surface area contributed by atoms with Crippen LogP contribution in [0.5, 0.6) is 0 Å². The highest BCUT2D eigenvalue weighted by Crippen LogP contribution is 2.49. The monoisotopic (exact) mass is 290 g/mol. The molecule has 3 heterocycles. The topological polar surface area (TPSA) is 34.9 Å². The Bertz CT molecular complexity index is 953. The van der Waals surface area contributed by atoms with Gasteiger partial charge < -0.3 is 0 Å². The molecular weight excluding hydrogens is 272 g/mol. The largest absolute Gasteiger partial charge is 0.279 e. The molecule has 3 heteroatoms. The first kappa shape index (κ1) is 12.4. The Morgan fingerprint density at radius 3 is 3.00 bits per heavy atom. The summed E-state index contributed by atoms with van der Waals surface area (Å²) >= 11 is 0. The average molecular weight is 290 g/mol. The molecule has 0 fully saturated rings. The van der Waals surface area contributed by atoms with Crippen molar-refractivity contribution in [3.05, 3.63) is 41.7 Å². The van der Waals surface area contributed by atoms with Gasteiger partial charge in [0.25, 0.3) is 0 Å². The third-order valence-corrected chi connectivity index (χ3v) is 5.80. The van der Waals surface area contributed by atoms with Gasteiger partial charge in [-0.15, -0.1) is 0 Å². The first-order chi connectivity index (χ1) is 10.7. The SMILES string of the molecule is CCC12CCCc3ncc4c5ccccc5n(c4c31)C(=O)C2. The second-order valence-electron chi connectivity index (χ2n) is 6.75. The van der Waals surface area contributed by atoms with Crippen molar-refractivity contribution in [2.24, 2.45) is 0 Å². The van der Waals surface area contributed by atoms with Crippen molar-refractivity contribution >= 4 is 27.7 Å². The maximum atomic E-state index is 13.0. The maximum absolute atomic E-state index is 13.0. The van der Waals surface area contributed by atoms with E-state index in [-0.39, 0.29) is 11.3 Å². The molecule has 2 aromatic heterocycles. The van der Waals surface area contributed by atoms with Crippen molar-refractivity contribution < 1.29 is 4.79 Å². The summed E-state index contributed by atoms with van der Waals surface area (Å²) in [5, 5.41) is 2.29. The standard InChI is InChI=1S/C19H18N2O/c1-2-19-9-5-7-14-17(19)18-13(11-20-14)12-6-3-4-8-15(12)21(18)16(22)10-19/h3-4,6,8,11H,2,5,7,9-10H2,1H3. The lowest BCUT2D eigenvalue weighted by Crippen LogP contribution is -2.39. The summed E-state index contributed by atoms with van der Waals surface area (Å²) in [6.07, 6.45) is 6.94. The van der Waals surface area contributed by atoms with E-state index in [0.717, 1.165) is 47.5 Å². The second-order valence-corrected chi connectivity index (χ2v) is 6.75. The highest BCUT2D eigenvalue weighted by atomic mass is 16.2. The predicted octanol–water partition coefficient (Wildman–Crippen LogP) is 4.22. The molecule has 2 aliphatic rings. The molecule has 110 valence electrons. The highest BCUT2D eigenvalue weighted by molar-refractivity contribution is 6.15. The predicted molar refractivity (Wildman–Crippen MR) is 87.4 cm³/mol. The van der Waals surface area contributed by atoms with Crippen LogP contribution in [0.2, 0.25) is 0 Å². The average Bonchev–Trinajstić information content (AvgIpc) is 2.89. The van der Waals surface area contributed by atoms with Crippen LogP contribution in [0.4, 0.5) is 0 Å². The Hall–Kier alpha value is -2.16. The van der Waals surface area contributed by atoms with Crippen LogP contribution in [0.25, 0.3) is 21.8 Å². The normalized spacial score (nSPS) is 23.4. The van der Waals surface area contributed by atoms with Gasteiger partial charge in [-0.1, -0.05) is 25.1 Å². The molecule has 1 aliphatic heterocycles. The van der Waals surface area contributed by atoms with E-state index in [0.29, 0.717) is 6.42 Å². The van der Waals surface area contributed by atoms with Crippen LogP contribution in [0.1, 0.15) is 48.7 Å². The minimum absolute atomic E-state index is 0.0154. The molecule has 1 aromatic carbocycles. The number of benzene rings is 1. The Labute approximate surface area is 129 Å². The zero-order valence-electron chi connectivity index (χ0n) is 12.7. The number of aromatic nitrogens is 2. The number of carbonyl (C=O) groups excluding carboxylic acids is 1. The van der Waals surface area contributed by atoms with Gasteiger partial charge >= 0.3 is 0 Å². The fourth-order valence-electron chi connectivity index (χ4n) is 4.73. The van der Waals surface area contributed by atoms with Gasteiger partial charge in [-0.2, -0.15) is 0 Å². The number of nitrogens with zero attached hydrogens (tertiary/aromatic N) is 2. The van der Waals surface area contributed by atoms with Crippen molar-refractivity contribution in [1.82, 2.24) is 9.55 Å². The fourth-order valence-corrected chi connectivity index (χ4v) is 4.73. The van der Waals surface area contributed by atoms with E-state index in [1.807, 2.05) is 22.9 Å². The van der Waals surface area contributed by atoms with Crippen LogP contribution < -0.4 is 0 Å². The third-order valence-electron chi connectivity index (χ3n) is 5.80. The van der Waals surface area contributed by atoms with Crippen molar-refractivity contribution in [2.75, 3.05) is 0 Å². The van der Waals surface area contributed by atoms with E-state index in [1.165, 1.54) is 11.3 Å². The molecule has 5 rings (SSSR count). The summed E-state index contributed by atoms with van der Waals surface area (Å²) in [6, 6.07) is 8.22. The van der Waals surface area contributed by atoms with Crippen molar-refractivity contribution in [1.29, 1.82) is 0 Å². The van der Waals surface area contributed by atoms with Crippen molar-refractivity contribution in [3.63, 3.8) is 0 Å². The zero-order chi connectivity index (χ0) is 14.9. The molecule has 0 amide bonds. The van der Waals surface area contributed by atoms with Gasteiger partial charge in [0.2, 0.25) is 5.91 Å². The number of hydrogen-bond acceptors (Lipinski definition) is 2. The van der Waals surface area contributed by atoms with Crippen LogP contribution in [0.3, 0.4) is 0 Å². The minimum atomic E-state index is 0.0154. The summed E-state index contributed by atoms with van der Waals surface area (Å²) in [6.45, 7) is 2.22. The second kappa shape index (κ2) is 3.97. The molecule has 0 bridgehead atoms. The van der Waals surface area contributed by atoms with E-state index in [4.69, 9.17) is 4.98 Å². The summed E-state index contributed by atoms with van der Waals surface area (Å²) in [5.74, 6) is 0.250. The quantitative estimate of drug-likeness (QED) is 0.672. The highest BCUT2D eigenvalue weighted by Gasteiger charge is 2.44. The Balaban J connectivity index is 2.07. The lowest BCUT2D eigenvalue weighted by Gasteiger charge is -2.41. The number of rotatable bonds is 1. The van der Waals surface area contributed by atoms with Gasteiger partial charge in [0.15, 0.2) is 0 Å². The summed E-state index contributed by atoms with van der Waals surface area (Å²) < 4.78 is 1.96. The van der Waals surface area contributed by atoms with Crippen LogP contribution in [0, 0.1) is 0 Å². The molecule has 1 aliphatic carbocycles. The molecule has 0 N–H and O–H groups in total. The lowest BCUT2D eigenvalue weighted by molar-refractivity contribution is 0.0853. The number of fused-ring (bicyclic) bond motifs is 3. The van der Waals surface area contributed by atoms with Gasteiger partial charge in [-0.3, -0.25) is 14.3 Å². The summed E-state index contributed by atoms with van der Waals surface area (Å²) in [7, 11) is 0. The molecule has 1 atom stereocenters. The van der Waals surface area contributed by atoms with Crippen molar-refractivity contribution in [2.45, 2.75) is 44.4 Å². The van der Waals surface area contributed by atoms with Gasteiger partial charge in [-0.05, 0) is 31.7 Å². The Kier molecular flexibility index (Phi) is 2.24. The summed E-state index contributed by atoms with van der Waals surface area (Å²) in [4.78, 5) is 17.7. The first-order valence-electron chi connectivity index (χ1n) is 8.20. The van der Waals surface area contributed by atoms with Gasteiger partial charge in [0.1, 0.15) is 0 Å². The van der Waals surface area contributed by atoms with Crippen molar-refractivity contribution in [3.8, 4) is 0 Å². The molecule has 1 unspecified atom stereocenters. The number of hydrogen-bond donors (Lipinski definition) is 0. The smallest absolute Gasteiger partial charge is 0.232 e. The van der Waals surface area contributed by atoms with Crippen LogP contribution >= 0.6 is 0 Å². The third kappa shape index (κ3) is 1.28. The van der Waals surface area contributed by atoms with Gasteiger partial charge in [0, 0.05) is 40.1 Å². The van der Waals surface area contributed by atoms with Crippen LogP contribution in [-0.2, 0) is 11.8 Å².